The summed E-state index contributed by atoms with van der Waals surface area (Å²) in [4.78, 5) is 12.7. The minimum atomic E-state index is 0.00412. The summed E-state index contributed by atoms with van der Waals surface area (Å²) >= 11 is 6.34. The number of thiocarbonyl (C=S) groups is 1. The fourth-order valence-corrected chi connectivity index (χ4v) is 3.40. The minimum Gasteiger partial charge on any atom is -0.479 e. The van der Waals surface area contributed by atoms with Crippen LogP contribution in [0.15, 0.2) is 48.5 Å². The molecule has 1 heterocycles. The van der Waals surface area contributed by atoms with Crippen molar-refractivity contribution in [3.05, 3.63) is 48.5 Å². The zero-order chi connectivity index (χ0) is 15.5. The highest BCUT2D eigenvalue weighted by molar-refractivity contribution is 8.23. The number of para-hydroxylation sites is 2. The second-order valence-corrected chi connectivity index (χ2v) is 6.31. The maximum Gasteiger partial charge on any atom is 0.242 e. The molecule has 0 saturated carbocycles. The minimum absolute atomic E-state index is 0.00412. The number of rotatable bonds is 3. The standard InChI is InChI=1S/C17H15NO2S2/c1-2-20-17(21)22-11-16(19)18-14-9-5-3-7-12(14)13-8-4-6-10-15(13)18/h3-10H,2,11H2,1H3. The normalized spacial score (nSPS) is 11.0. The molecule has 0 saturated heterocycles. The second kappa shape index (κ2) is 6.50. The van der Waals surface area contributed by atoms with E-state index in [0.29, 0.717) is 11.0 Å². The van der Waals surface area contributed by atoms with Crippen LogP contribution in [0.5, 0.6) is 0 Å². The Kier molecular flexibility index (Phi) is 4.45. The third-order valence-electron chi connectivity index (χ3n) is 3.41. The lowest BCUT2D eigenvalue weighted by molar-refractivity contribution is 0.0951. The Bertz CT molecular complexity index is 801. The van der Waals surface area contributed by atoms with E-state index in [1.165, 1.54) is 11.8 Å². The van der Waals surface area contributed by atoms with Crippen LogP contribution < -0.4 is 0 Å². The molecular formula is C17H15NO2S2. The molecule has 0 aliphatic carbocycles. The lowest BCUT2D eigenvalue weighted by Crippen LogP contribution is -2.14. The van der Waals surface area contributed by atoms with Crippen LogP contribution in [-0.2, 0) is 4.74 Å². The van der Waals surface area contributed by atoms with E-state index in [-0.39, 0.29) is 11.7 Å². The Morgan fingerprint density at radius 2 is 1.64 bits per heavy atom. The maximum atomic E-state index is 12.7. The van der Waals surface area contributed by atoms with Gasteiger partial charge in [0.15, 0.2) is 0 Å². The van der Waals surface area contributed by atoms with Gasteiger partial charge in [-0.15, -0.1) is 0 Å². The first-order valence-corrected chi connectivity index (χ1v) is 8.42. The summed E-state index contributed by atoms with van der Waals surface area (Å²) in [6, 6.07) is 15.9. The van der Waals surface area contributed by atoms with Crippen LogP contribution in [0.2, 0.25) is 0 Å². The van der Waals surface area contributed by atoms with Gasteiger partial charge in [0.1, 0.15) is 0 Å². The van der Waals surface area contributed by atoms with Crippen LogP contribution >= 0.6 is 24.0 Å². The monoisotopic (exact) mass is 329 g/mol. The highest BCUT2D eigenvalue weighted by Gasteiger charge is 2.16. The number of carbonyl (C=O) groups is 1. The summed E-state index contributed by atoms with van der Waals surface area (Å²) in [5.41, 5.74) is 1.85. The number of thioether (sulfide) groups is 1. The third kappa shape index (κ3) is 2.74. The topological polar surface area (TPSA) is 31.2 Å². The average molecular weight is 329 g/mol. The molecule has 0 unspecified atom stereocenters. The third-order valence-corrected chi connectivity index (χ3v) is 4.62. The molecule has 22 heavy (non-hydrogen) atoms. The van der Waals surface area contributed by atoms with Crippen molar-refractivity contribution >= 4 is 56.1 Å². The quantitative estimate of drug-likeness (QED) is 0.663. The molecule has 0 aliphatic rings. The Morgan fingerprint density at radius 1 is 1.09 bits per heavy atom. The largest absolute Gasteiger partial charge is 0.479 e. The number of fused-ring (bicyclic) bond motifs is 3. The van der Waals surface area contributed by atoms with Gasteiger partial charge in [-0.3, -0.25) is 9.36 Å². The van der Waals surface area contributed by atoms with Crippen molar-refractivity contribution in [2.24, 2.45) is 0 Å². The molecule has 112 valence electrons. The molecular weight excluding hydrogens is 314 g/mol. The smallest absolute Gasteiger partial charge is 0.242 e. The first-order valence-electron chi connectivity index (χ1n) is 7.03. The molecule has 0 amide bonds. The van der Waals surface area contributed by atoms with Gasteiger partial charge in [-0.05, 0) is 31.3 Å². The van der Waals surface area contributed by atoms with Crippen molar-refractivity contribution in [1.29, 1.82) is 0 Å². The Labute approximate surface area is 138 Å². The summed E-state index contributed by atoms with van der Waals surface area (Å²) in [6.45, 7) is 2.40. The number of hydrogen-bond donors (Lipinski definition) is 0. The molecule has 0 N–H and O–H groups in total. The van der Waals surface area contributed by atoms with Crippen LogP contribution in [0.4, 0.5) is 0 Å². The summed E-state index contributed by atoms with van der Waals surface area (Å²) in [5, 5.41) is 2.17. The molecule has 5 heteroatoms. The Hall–Kier alpha value is -1.85. The van der Waals surface area contributed by atoms with Crippen molar-refractivity contribution in [2.75, 3.05) is 12.4 Å². The van der Waals surface area contributed by atoms with E-state index in [1.54, 1.807) is 4.57 Å². The van der Waals surface area contributed by atoms with Gasteiger partial charge in [-0.2, -0.15) is 0 Å². The average Bonchev–Trinajstić information content (AvgIpc) is 2.88. The molecule has 0 spiro atoms. The number of hydrogen-bond acceptors (Lipinski definition) is 4. The summed E-state index contributed by atoms with van der Waals surface area (Å²) in [7, 11) is 0. The van der Waals surface area contributed by atoms with E-state index in [0.717, 1.165) is 21.8 Å². The number of ether oxygens (including phenoxy) is 1. The van der Waals surface area contributed by atoms with Crippen molar-refractivity contribution in [3.8, 4) is 0 Å². The molecule has 0 aliphatic heterocycles. The van der Waals surface area contributed by atoms with Gasteiger partial charge in [0.25, 0.3) is 0 Å². The molecule has 0 radical (unpaired) electrons. The molecule has 0 bridgehead atoms. The SMILES string of the molecule is CCOC(=S)SCC(=O)n1c2ccccc2c2ccccc21. The van der Waals surface area contributed by atoms with Crippen LogP contribution in [0.25, 0.3) is 21.8 Å². The van der Waals surface area contributed by atoms with Gasteiger partial charge in [-0.1, -0.05) is 48.2 Å². The van der Waals surface area contributed by atoms with Gasteiger partial charge in [0, 0.05) is 10.8 Å². The fraction of sp³-hybridized carbons (Fsp3) is 0.176. The highest BCUT2D eigenvalue weighted by Crippen LogP contribution is 2.28. The summed E-state index contributed by atoms with van der Waals surface area (Å²) < 4.78 is 7.40. The highest BCUT2D eigenvalue weighted by atomic mass is 32.2. The molecule has 0 fully saturated rings. The first kappa shape index (κ1) is 15.1. The molecule has 2 aromatic carbocycles. The van der Waals surface area contributed by atoms with Crippen molar-refractivity contribution in [2.45, 2.75) is 6.92 Å². The van der Waals surface area contributed by atoms with Crippen LogP contribution in [0, 0.1) is 0 Å². The van der Waals surface area contributed by atoms with Crippen molar-refractivity contribution in [3.63, 3.8) is 0 Å². The Balaban J connectivity index is 2.01. The number of nitrogens with zero attached hydrogens (tertiary/aromatic N) is 1. The zero-order valence-corrected chi connectivity index (χ0v) is 13.7. The van der Waals surface area contributed by atoms with E-state index in [2.05, 4.69) is 0 Å². The predicted molar refractivity (Wildman–Crippen MR) is 96.8 cm³/mol. The van der Waals surface area contributed by atoms with E-state index in [1.807, 2.05) is 55.5 Å². The molecule has 1 aromatic heterocycles. The van der Waals surface area contributed by atoms with Crippen molar-refractivity contribution < 1.29 is 9.53 Å². The van der Waals surface area contributed by atoms with E-state index < -0.39 is 0 Å². The van der Waals surface area contributed by atoms with E-state index in [9.17, 15) is 4.79 Å². The number of carbonyl (C=O) groups excluding carboxylic acids is 1. The van der Waals surface area contributed by atoms with Gasteiger partial charge in [0.2, 0.25) is 10.3 Å². The van der Waals surface area contributed by atoms with Gasteiger partial charge < -0.3 is 4.74 Å². The lowest BCUT2D eigenvalue weighted by Gasteiger charge is -2.07. The summed E-state index contributed by atoms with van der Waals surface area (Å²) in [5.74, 6) is 0.270. The zero-order valence-electron chi connectivity index (χ0n) is 12.1. The second-order valence-electron chi connectivity index (χ2n) is 4.74. The molecule has 3 aromatic rings. The number of benzene rings is 2. The van der Waals surface area contributed by atoms with Gasteiger partial charge in [-0.25, -0.2) is 0 Å². The molecule has 3 nitrogen and oxygen atoms in total. The summed E-state index contributed by atoms with van der Waals surface area (Å²) in [6.07, 6.45) is 0. The Morgan fingerprint density at radius 3 is 2.18 bits per heavy atom. The maximum absolute atomic E-state index is 12.7. The molecule has 3 rings (SSSR count). The van der Waals surface area contributed by atoms with Crippen LogP contribution in [0.1, 0.15) is 11.7 Å². The molecule has 0 atom stereocenters. The lowest BCUT2D eigenvalue weighted by atomic mass is 10.2. The van der Waals surface area contributed by atoms with Crippen LogP contribution in [0.3, 0.4) is 0 Å². The van der Waals surface area contributed by atoms with Gasteiger partial charge in [0.05, 0.1) is 23.4 Å². The van der Waals surface area contributed by atoms with E-state index >= 15 is 0 Å². The van der Waals surface area contributed by atoms with E-state index in [4.69, 9.17) is 17.0 Å². The van der Waals surface area contributed by atoms with Gasteiger partial charge >= 0.3 is 0 Å². The van der Waals surface area contributed by atoms with Crippen molar-refractivity contribution in [1.82, 2.24) is 4.57 Å². The fourth-order valence-electron chi connectivity index (χ4n) is 2.54. The number of aromatic nitrogens is 1. The first-order chi connectivity index (χ1) is 10.7. The predicted octanol–water partition coefficient (Wildman–Crippen LogP) is 4.49. The van der Waals surface area contributed by atoms with Crippen LogP contribution in [-0.4, -0.2) is 27.2 Å².